The lowest BCUT2D eigenvalue weighted by atomic mass is 10.1. The topological polar surface area (TPSA) is 95.7 Å². The molecule has 0 radical (unpaired) electrons. The van der Waals surface area contributed by atoms with Gasteiger partial charge in [0.05, 0.1) is 17.0 Å². The Hall–Kier alpha value is -2.94. The number of rotatable bonds is 5. The van der Waals surface area contributed by atoms with Crippen LogP contribution in [0.2, 0.25) is 0 Å². The van der Waals surface area contributed by atoms with Gasteiger partial charge in [-0.2, -0.15) is 4.68 Å². The van der Waals surface area contributed by atoms with Crippen LogP contribution in [0.25, 0.3) is 17.1 Å². The second-order valence-electron chi connectivity index (χ2n) is 6.28. The van der Waals surface area contributed by atoms with Crippen molar-refractivity contribution in [3.05, 3.63) is 52.8 Å². The van der Waals surface area contributed by atoms with Crippen LogP contribution >= 0.6 is 11.8 Å². The quantitative estimate of drug-likeness (QED) is 0.481. The van der Waals surface area contributed by atoms with E-state index in [4.69, 9.17) is 8.83 Å². The predicted octanol–water partition coefficient (Wildman–Crippen LogP) is 3.83. The molecule has 1 aromatic carbocycles. The summed E-state index contributed by atoms with van der Waals surface area (Å²) in [5.41, 5.74) is 4.02. The minimum Gasteiger partial charge on any atom is -0.466 e. The Labute approximate surface area is 160 Å². The zero-order valence-corrected chi connectivity index (χ0v) is 16.2. The van der Waals surface area contributed by atoms with E-state index in [0.29, 0.717) is 22.7 Å². The standard InChI is InChI=1S/C18H18N6O2S/c1-10-5-6-11(2)15(7-10)24-18(21-22-23-24)27-9-16-19-20-17(26-16)14-8-12(3)25-13(14)4/h5-8H,9H2,1-4H3. The van der Waals surface area contributed by atoms with Gasteiger partial charge in [-0.25, -0.2) is 0 Å². The van der Waals surface area contributed by atoms with Crippen molar-refractivity contribution >= 4 is 11.8 Å². The molecule has 0 unspecified atom stereocenters. The van der Waals surface area contributed by atoms with Crippen molar-refractivity contribution in [1.29, 1.82) is 0 Å². The Balaban J connectivity index is 1.53. The normalized spacial score (nSPS) is 11.3. The molecule has 0 spiro atoms. The number of nitrogens with zero attached hydrogens (tertiary/aromatic N) is 6. The van der Waals surface area contributed by atoms with E-state index >= 15 is 0 Å². The van der Waals surface area contributed by atoms with Gasteiger partial charge in [-0.05, 0) is 61.4 Å². The van der Waals surface area contributed by atoms with Crippen molar-refractivity contribution in [2.45, 2.75) is 38.6 Å². The summed E-state index contributed by atoms with van der Waals surface area (Å²) in [5.74, 6) is 2.99. The summed E-state index contributed by atoms with van der Waals surface area (Å²) in [6.07, 6.45) is 0. The van der Waals surface area contributed by atoms with E-state index in [-0.39, 0.29) is 0 Å². The minimum absolute atomic E-state index is 0.453. The number of furan rings is 1. The van der Waals surface area contributed by atoms with E-state index in [2.05, 4.69) is 43.9 Å². The SMILES string of the molecule is Cc1ccc(C)c(-n2nnnc2SCc2nnc(-c3cc(C)oc3C)o2)c1. The summed E-state index contributed by atoms with van der Waals surface area (Å²) in [7, 11) is 0. The van der Waals surface area contributed by atoms with E-state index in [1.54, 1.807) is 4.68 Å². The molecule has 138 valence electrons. The number of aromatic nitrogens is 6. The van der Waals surface area contributed by atoms with Crippen molar-refractivity contribution < 1.29 is 8.83 Å². The van der Waals surface area contributed by atoms with Gasteiger partial charge in [0.2, 0.25) is 11.0 Å². The van der Waals surface area contributed by atoms with Crippen LogP contribution in [0.4, 0.5) is 0 Å². The lowest BCUT2D eigenvalue weighted by Crippen LogP contribution is -2.02. The molecular formula is C18H18N6O2S. The fraction of sp³-hybridized carbons (Fsp3) is 0.278. The van der Waals surface area contributed by atoms with Crippen LogP contribution in [0.15, 0.2) is 38.3 Å². The van der Waals surface area contributed by atoms with Gasteiger partial charge in [0, 0.05) is 0 Å². The molecule has 0 aliphatic heterocycles. The third kappa shape index (κ3) is 3.50. The molecule has 4 rings (SSSR count). The molecule has 0 aliphatic carbocycles. The maximum atomic E-state index is 5.77. The highest BCUT2D eigenvalue weighted by atomic mass is 32.2. The van der Waals surface area contributed by atoms with Crippen LogP contribution in [0.3, 0.4) is 0 Å². The first-order valence-electron chi connectivity index (χ1n) is 8.40. The van der Waals surface area contributed by atoms with Crippen LogP contribution < -0.4 is 0 Å². The summed E-state index contributed by atoms with van der Waals surface area (Å²) in [4.78, 5) is 0. The molecule has 0 bridgehead atoms. The van der Waals surface area contributed by atoms with Crippen LogP contribution in [-0.4, -0.2) is 30.4 Å². The highest BCUT2D eigenvalue weighted by Gasteiger charge is 2.17. The van der Waals surface area contributed by atoms with E-state index in [0.717, 1.165) is 33.9 Å². The van der Waals surface area contributed by atoms with E-state index in [1.165, 1.54) is 11.8 Å². The Morgan fingerprint density at radius 3 is 2.63 bits per heavy atom. The Morgan fingerprint density at radius 2 is 1.85 bits per heavy atom. The molecule has 27 heavy (non-hydrogen) atoms. The van der Waals surface area contributed by atoms with Gasteiger partial charge >= 0.3 is 0 Å². The number of tetrazole rings is 1. The van der Waals surface area contributed by atoms with Crippen molar-refractivity contribution in [3.63, 3.8) is 0 Å². The van der Waals surface area contributed by atoms with Crippen molar-refractivity contribution in [1.82, 2.24) is 30.4 Å². The molecule has 0 fully saturated rings. The first-order chi connectivity index (χ1) is 13.0. The molecule has 0 N–H and O–H groups in total. The van der Waals surface area contributed by atoms with Crippen LogP contribution in [0.1, 0.15) is 28.5 Å². The minimum atomic E-state index is 0.453. The summed E-state index contributed by atoms with van der Waals surface area (Å²) in [6.45, 7) is 7.83. The van der Waals surface area contributed by atoms with Gasteiger partial charge in [0.1, 0.15) is 11.5 Å². The lowest BCUT2D eigenvalue weighted by Gasteiger charge is -2.07. The predicted molar refractivity (Wildman–Crippen MR) is 99.7 cm³/mol. The van der Waals surface area contributed by atoms with E-state index < -0.39 is 0 Å². The lowest BCUT2D eigenvalue weighted by molar-refractivity contribution is 0.499. The molecule has 9 heteroatoms. The highest BCUT2D eigenvalue weighted by Crippen LogP contribution is 2.28. The van der Waals surface area contributed by atoms with E-state index in [1.807, 2.05) is 33.8 Å². The van der Waals surface area contributed by atoms with Gasteiger partial charge in [-0.1, -0.05) is 23.9 Å². The van der Waals surface area contributed by atoms with Crippen molar-refractivity contribution in [3.8, 4) is 17.1 Å². The zero-order chi connectivity index (χ0) is 19.0. The molecule has 0 aliphatic rings. The summed E-state index contributed by atoms with van der Waals surface area (Å²) in [5, 5.41) is 21.0. The molecule has 3 heterocycles. The molecular weight excluding hydrogens is 364 g/mol. The number of thioether (sulfide) groups is 1. The van der Waals surface area contributed by atoms with E-state index in [9.17, 15) is 0 Å². The van der Waals surface area contributed by atoms with Crippen molar-refractivity contribution in [2.75, 3.05) is 0 Å². The summed E-state index contributed by atoms with van der Waals surface area (Å²) < 4.78 is 13.0. The second-order valence-corrected chi connectivity index (χ2v) is 7.22. The molecule has 4 aromatic rings. The highest BCUT2D eigenvalue weighted by molar-refractivity contribution is 7.98. The van der Waals surface area contributed by atoms with Crippen LogP contribution in [0.5, 0.6) is 0 Å². The first-order valence-corrected chi connectivity index (χ1v) is 9.38. The average Bonchev–Trinajstić information content (AvgIpc) is 3.35. The third-order valence-electron chi connectivity index (χ3n) is 4.10. The number of hydrogen-bond acceptors (Lipinski definition) is 8. The molecule has 0 saturated carbocycles. The Morgan fingerprint density at radius 1 is 1.00 bits per heavy atom. The maximum absolute atomic E-state index is 5.77. The molecule has 3 aromatic heterocycles. The fourth-order valence-electron chi connectivity index (χ4n) is 2.76. The number of hydrogen-bond donors (Lipinski definition) is 0. The summed E-state index contributed by atoms with van der Waals surface area (Å²) in [6, 6.07) is 8.07. The molecule has 0 amide bonds. The number of benzene rings is 1. The first kappa shape index (κ1) is 17.5. The second kappa shape index (κ2) is 6.99. The maximum Gasteiger partial charge on any atom is 0.251 e. The van der Waals surface area contributed by atoms with Crippen LogP contribution in [-0.2, 0) is 5.75 Å². The van der Waals surface area contributed by atoms with Crippen LogP contribution in [0, 0.1) is 27.7 Å². The Kier molecular flexibility index (Phi) is 4.53. The number of aryl methyl sites for hydroxylation is 4. The van der Waals surface area contributed by atoms with Gasteiger partial charge < -0.3 is 8.83 Å². The Bertz CT molecular complexity index is 1100. The zero-order valence-electron chi connectivity index (χ0n) is 15.4. The smallest absolute Gasteiger partial charge is 0.251 e. The largest absolute Gasteiger partial charge is 0.466 e. The van der Waals surface area contributed by atoms with Crippen molar-refractivity contribution in [2.24, 2.45) is 0 Å². The van der Waals surface area contributed by atoms with Gasteiger partial charge in [0.25, 0.3) is 5.89 Å². The van der Waals surface area contributed by atoms with Gasteiger partial charge in [-0.15, -0.1) is 15.3 Å². The molecule has 0 saturated heterocycles. The van der Waals surface area contributed by atoms with Gasteiger partial charge in [0.15, 0.2) is 0 Å². The monoisotopic (exact) mass is 382 g/mol. The molecule has 0 atom stereocenters. The summed E-state index contributed by atoms with van der Waals surface area (Å²) >= 11 is 1.44. The molecule has 8 nitrogen and oxygen atoms in total. The fourth-order valence-corrected chi connectivity index (χ4v) is 3.48. The average molecular weight is 382 g/mol. The third-order valence-corrected chi connectivity index (χ3v) is 5.00. The van der Waals surface area contributed by atoms with Gasteiger partial charge in [-0.3, -0.25) is 0 Å².